The molecule has 2 atom stereocenters. The zero-order valence-corrected chi connectivity index (χ0v) is 17.5. The third-order valence-electron chi connectivity index (χ3n) is 7.55. The first-order valence-electron chi connectivity index (χ1n) is 10.8. The first-order chi connectivity index (χ1) is 13.8. The van der Waals surface area contributed by atoms with Crippen molar-refractivity contribution in [2.24, 2.45) is 5.92 Å². The Balaban J connectivity index is 1.58. The van der Waals surface area contributed by atoms with Crippen molar-refractivity contribution in [3.63, 3.8) is 0 Å². The molecule has 1 N–H and O–H groups in total. The molecule has 156 valence electrons. The van der Waals surface area contributed by atoms with E-state index in [-0.39, 0.29) is 24.5 Å². The number of quaternary nitrogens is 1. The molecule has 0 spiro atoms. The molecule has 2 heterocycles. The Bertz CT molecular complexity index is 802. The molecule has 2 nitrogen and oxygen atoms in total. The molecule has 0 aromatic heterocycles. The molecule has 0 radical (unpaired) electrons. The van der Waals surface area contributed by atoms with Crippen molar-refractivity contribution in [2.45, 2.75) is 62.6 Å². The lowest BCUT2D eigenvalue weighted by atomic mass is 9.76. The van der Waals surface area contributed by atoms with Crippen LogP contribution in [0.2, 0.25) is 0 Å². The lowest BCUT2D eigenvalue weighted by molar-refractivity contribution is -0.931. The second-order valence-electron chi connectivity index (χ2n) is 9.82. The summed E-state index contributed by atoms with van der Waals surface area (Å²) in [6.45, 7) is 0. The van der Waals surface area contributed by atoms with E-state index in [4.69, 9.17) is 0 Å². The summed E-state index contributed by atoms with van der Waals surface area (Å²) in [5.41, 5.74) is -0.161. The topological polar surface area (TPSA) is 20.2 Å². The largest absolute Gasteiger partial charge is 0.389 e. The SMILES string of the molecule is C[N+]1(C)C2CCC1CC(CC(O)(Cc1ccccc1F)Cc1ccccc1F)C2. The normalized spacial score (nSPS) is 25.9. The van der Waals surface area contributed by atoms with Gasteiger partial charge in [-0.2, -0.15) is 0 Å². The molecule has 2 aromatic carbocycles. The van der Waals surface area contributed by atoms with E-state index in [1.165, 1.54) is 25.0 Å². The van der Waals surface area contributed by atoms with Gasteiger partial charge < -0.3 is 9.59 Å². The molecule has 29 heavy (non-hydrogen) atoms. The van der Waals surface area contributed by atoms with E-state index in [1.807, 2.05) is 0 Å². The third kappa shape index (κ3) is 4.24. The molecule has 0 aliphatic carbocycles. The van der Waals surface area contributed by atoms with Gasteiger partial charge in [-0.15, -0.1) is 0 Å². The highest BCUT2D eigenvalue weighted by atomic mass is 19.1. The third-order valence-corrected chi connectivity index (χ3v) is 7.55. The first-order valence-corrected chi connectivity index (χ1v) is 10.8. The fourth-order valence-corrected chi connectivity index (χ4v) is 5.90. The summed E-state index contributed by atoms with van der Waals surface area (Å²) in [5.74, 6) is -0.218. The summed E-state index contributed by atoms with van der Waals surface area (Å²) in [6.07, 6.45) is 5.65. The molecule has 2 saturated heterocycles. The highest BCUT2D eigenvalue weighted by Gasteiger charge is 2.50. The Morgan fingerprint density at radius 1 is 0.862 bits per heavy atom. The highest BCUT2D eigenvalue weighted by Crippen LogP contribution is 2.45. The molecule has 2 fully saturated rings. The summed E-state index contributed by atoms with van der Waals surface area (Å²) < 4.78 is 29.8. The van der Waals surface area contributed by atoms with Crippen molar-refractivity contribution < 1.29 is 18.4 Å². The number of halogens is 2. The Hall–Kier alpha value is -1.78. The van der Waals surface area contributed by atoms with Gasteiger partial charge in [0.15, 0.2) is 0 Å². The Morgan fingerprint density at radius 2 is 1.31 bits per heavy atom. The second-order valence-corrected chi connectivity index (χ2v) is 9.82. The van der Waals surface area contributed by atoms with Gasteiger partial charge in [0.1, 0.15) is 11.6 Å². The molecule has 4 rings (SSSR count). The Kier molecular flexibility index (Phi) is 5.52. The molecule has 0 amide bonds. The van der Waals surface area contributed by atoms with Crippen LogP contribution in [0, 0.1) is 17.6 Å². The zero-order chi connectivity index (χ0) is 20.6. The summed E-state index contributed by atoms with van der Waals surface area (Å²) in [4.78, 5) is 0. The van der Waals surface area contributed by atoms with Crippen molar-refractivity contribution in [2.75, 3.05) is 14.1 Å². The number of aliphatic hydroxyl groups is 1. The number of nitrogens with zero attached hydrogens (tertiary/aromatic N) is 1. The minimum absolute atomic E-state index is 0.206. The molecular weight excluding hydrogens is 368 g/mol. The van der Waals surface area contributed by atoms with Gasteiger partial charge >= 0.3 is 0 Å². The predicted molar refractivity (Wildman–Crippen MR) is 111 cm³/mol. The molecule has 2 aliphatic rings. The van der Waals surface area contributed by atoms with Crippen molar-refractivity contribution in [3.05, 3.63) is 71.3 Å². The van der Waals surface area contributed by atoms with Crippen molar-refractivity contribution in [1.82, 2.24) is 0 Å². The number of rotatable bonds is 6. The van der Waals surface area contributed by atoms with Crippen LogP contribution >= 0.6 is 0 Å². The quantitative estimate of drug-likeness (QED) is 0.685. The van der Waals surface area contributed by atoms with Crippen LogP contribution in [0.1, 0.15) is 43.2 Å². The van der Waals surface area contributed by atoms with E-state index in [0.717, 1.165) is 17.3 Å². The van der Waals surface area contributed by atoms with E-state index in [1.54, 1.807) is 36.4 Å². The fraction of sp³-hybridized carbons (Fsp3) is 0.520. The van der Waals surface area contributed by atoms with Crippen LogP contribution < -0.4 is 0 Å². The highest BCUT2D eigenvalue weighted by molar-refractivity contribution is 5.24. The van der Waals surface area contributed by atoms with Gasteiger partial charge in [-0.05, 0) is 35.6 Å². The van der Waals surface area contributed by atoms with Crippen LogP contribution in [-0.4, -0.2) is 41.4 Å². The van der Waals surface area contributed by atoms with E-state index < -0.39 is 5.60 Å². The Morgan fingerprint density at radius 3 is 1.76 bits per heavy atom. The second kappa shape index (κ2) is 7.81. The van der Waals surface area contributed by atoms with Crippen molar-refractivity contribution in [3.8, 4) is 0 Å². The molecule has 2 aliphatic heterocycles. The maximum Gasteiger partial charge on any atom is 0.126 e. The van der Waals surface area contributed by atoms with Crippen LogP contribution in [-0.2, 0) is 12.8 Å². The van der Waals surface area contributed by atoms with Gasteiger partial charge in [0, 0.05) is 38.5 Å². The molecule has 0 saturated carbocycles. The van der Waals surface area contributed by atoms with E-state index >= 15 is 0 Å². The van der Waals surface area contributed by atoms with Gasteiger partial charge in [-0.25, -0.2) is 8.78 Å². The number of piperidine rings is 1. The Labute approximate surface area is 172 Å². The number of fused-ring (bicyclic) bond motifs is 2. The van der Waals surface area contributed by atoms with Crippen LogP contribution in [0.25, 0.3) is 0 Å². The average Bonchev–Trinajstić information content (AvgIpc) is 2.83. The molecule has 4 heteroatoms. The first kappa shape index (κ1) is 20.5. The number of benzene rings is 2. The average molecular weight is 401 g/mol. The maximum absolute atomic E-state index is 14.4. The minimum Gasteiger partial charge on any atom is -0.389 e. The minimum atomic E-state index is -1.16. The van der Waals surface area contributed by atoms with Gasteiger partial charge in [-0.3, -0.25) is 0 Å². The van der Waals surface area contributed by atoms with E-state index in [9.17, 15) is 13.9 Å². The monoisotopic (exact) mass is 400 g/mol. The van der Waals surface area contributed by atoms with Gasteiger partial charge in [0.2, 0.25) is 0 Å². The zero-order valence-electron chi connectivity index (χ0n) is 17.5. The number of hydrogen-bond acceptors (Lipinski definition) is 1. The number of hydrogen-bond donors (Lipinski definition) is 1. The lowest BCUT2D eigenvalue weighted by Gasteiger charge is -2.46. The van der Waals surface area contributed by atoms with Gasteiger partial charge in [-0.1, -0.05) is 36.4 Å². The summed E-state index contributed by atoms with van der Waals surface area (Å²) in [5, 5.41) is 11.7. The molecular formula is C25H32F2NO+. The van der Waals surface area contributed by atoms with E-state index in [0.29, 0.717) is 35.5 Å². The standard InChI is InChI=1S/C25H32F2NO/c1-28(2)21-11-12-22(28)14-18(13-21)15-25(29,16-19-7-3-5-9-23(19)26)17-20-8-4-6-10-24(20)27/h3-10,18,21-22,29H,11-17H2,1-2H3/q+1. The van der Waals surface area contributed by atoms with Crippen LogP contribution in [0.15, 0.2) is 48.5 Å². The molecule has 2 bridgehead atoms. The van der Waals surface area contributed by atoms with Crippen molar-refractivity contribution in [1.29, 1.82) is 0 Å². The summed E-state index contributed by atoms with van der Waals surface area (Å²) in [6, 6.07) is 14.5. The molecule has 2 unspecified atom stereocenters. The predicted octanol–water partition coefficient (Wildman–Crippen LogP) is 4.89. The summed E-state index contributed by atoms with van der Waals surface area (Å²) >= 11 is 0. The lowest BCUT2D eigenvalue weighted by Crippen LogP contribution is -2.55. The van der Waals surface area contributed by atoms with Crippen LogP contribution in [0.5, 0.6) is 0 Å². The fourth-order valence-electron chi connectivity index (χ4n) is 5.90. The van der Waals surface area contributed by atoms with Gasteiger partial charge in [0.25, 0.3) is 0 Å². The molecule has 2 aromatic rings. The van der Waals surface area contributed by atoms with Gasteiger partial charge in [0.05, 0.1) is 31.8 Å². The van der Waals surface area contributed by atoms with Crippen LogP contribution in [0.4, 0.5) is 8.78 Å². The van der Waals surface area contributed by atoms with Crippen LogP contribution in [0.3, 0.4) is 0 Å². The summed E-state index contributed by atoms with van der Waals surface area (Å²) in [7, 11) is 4.65. The van der Waals surface area contributed by atoms with Crippen molar-refractivity contribution >= 4 is 0 Å². The smallest absolute Gasteiger partial charge is 0.126 e. The maximum atomic E-state index is 14.4. The van der Waals surface area contributed by atoms with E-state index in [2.05, 4.69) is 14.1 Å².